The number of rotatable bonds is 6. The third-order valence-electron chi connectivity index (χ3n) is 4.36. The lowest BCUT2D eigenvalue weighted by Gasteiger charge is -2.35. The van der Waals surface area contributed by atoms with Crippen molar-refractivity contribution < 1.29 is 9.90 Å². The molecule has 0 radical (unpaired) electrons. The summed E-state index contributed by atoms with van der Waals surface area (Å²) < 4.78 is 0. The topological polar surface area (TPSA) is 55.8 Å². The van der Waals surface area contributed by atoms with Crippen molar-refractivity contribution in [2.75, 3.05) is 39.3 Å². The fourth-order valence-electron chi connectivity index (χ4n) is 3.20. The van der Waals surface area contributed by atoms with Gasteiger partial charge in [0.2, 0.25) is 5.91 Å². The van der Waals surface area contributed by atoms with Crippen LogP contribution < -0.4 is 5.32 Å². The fourth-order valence-corrected chi connectivity index (χ4v) is 3.20. The van der Waals surface area contributed by atoms with E-state index in [0.29, 0.717) is 12.5 Å². The molecule has 2 rings (SSSR count). The Hall–Kier alpha value is -0.650. The summed E-state index contributed by atoms with van der Waals surface area (Å²) in [5.74, 6) is 0.211. The predicted octanol–water partition coefficient (Wildman–Crippen LogP) is 0.434. The highest BCUT2D eigenvalue weighted by Gasteiger charge is 2.20. The third kappa shape index (κ3) is 5.38. The Kier molecular flexibility index (Phi) is 6.26. The van der Waals surface area contributed by atoms with Gasteiger partial charge in [-0.3, -0.25) is 9.69 Å². The van der Waals surface area contributed by atoms with E-state index >= 15 is 0 Å². The minimum absolute atomic E-state index is 0.211. The maximum absolute atomic E-state index is 11.9. The molecule has 0 spiro atoms. The smallest absolute Gasteiger partial charge is 0.221 e. The van der Waals surface area contributed by atoms with Crippen LogP contribution in [0.1, 0.15) is 39.0 Å². The van der Waals surface area contributed by atoms with Gasteiger partial charge in [-0.25, -0.2) is 0 Å². The summed E-state index contributed by atoms with van der Waals surface area (Å²) in [5.41, 5.74) is 0. The highest BCUT2D eigenvalue weighted by Crippen LogP contribution is 2.17. The first-order chi connectivity index (χ1) is 9.63. The van der Waals surface area contributed by atoms with Gasteiger partial charge in [-0.1, -0.05) is 12.8 Å². The molecule has 1 aliphatic heterocycles. The molecule has 1 saturated carbocycles. The van der Waals surface area contributed by atoms with Gasteiger partial charge in [0.1, 0.15) is 0 Å². The lowest BCUT2D eigenvalue weighted by Crippen LogP contribution is -2.49. The van der Waals surface area contributed by atoms with E-state index < -0.39 is 0 Å². The summed E-state index contributed by atoms with van der Waals surface area (Å²) in [5, 5.41) is 12.5. The molecule has 1 unspecified atom stereocenters. The Morgan fingerprint density at radius 2 is 1.80 bits per heavy atom. The van der Waals surface area contributed by atoms with Crippen LogP contribution in [-0.4, -0.2) is 72.2 Å². The number of nitrogens with zero attached hydrogens (tertiary/aromatic N) is 2. The zero-order valence-electron chi connectivity index (χ0n) is 12.7. The molecule has 2 aliphatic rings. The first kappa shape index (κ1) is 15.7. The van der Waals surface area contributed by atoms with E-state index in [0.717, 1.165) is 52.1 Å². The number of piperazine rings is 1. The highest BCUT2D eigenvalue weighted by atomic mass is 16.3. The van der Waals surface area contributed by atoms with Gasteiger partial charge in [0, 0.05) is 51.7 Å². The number of hydrogen-bond donors (Lipinski definition) is 2. The lowest BCUT2D eigenvalue weighted by atomic mass is 10.2. The van der Waals surface area contributed by atoms with Crippen molar-refractivity contribution in [3.8, 4) is 0 Å². The zero-order valence-corrected chi connectivity index (χ0v) is 12.7. The van der Waals surface area contributed by atoms with Crippen LogP contribution in [0, 0.1) is 0 Å². The van der Waals surface area contributed by atoms with E-state index in [-0.39, 0.29) is 12.0 Å². The van der Waals surface area contributed by atoms with Crippen LogP contribution >= 0.6 is 0 Å². The molecule has 5 heteroatoms. The molecule has 0 bridgehead atoms. The number of nitrogens with one attached hydrogen (secondary N) is 1. The maximum Gasteiger partial charge on any atom is 0.221 e. The third-order valence-corrected chi connectivity index (χ3v) is 4.36. The summed E-state index contributed by atoms with van der Waals surface area (Å²) in [6.07, 6.45) is 5.20. The minimum Gasteiger partial charge on any atom is -0.392 e. The van der Waals surface area contributed by atoms with E-state index in [2.05, 4.69) is 15.1 Å². The van der Waals surface area contributed by atoms with Crippen molar-refractivity contribution in [3.63, 3.8) is 0 Å². The number of hydrogen-bond acceptors (Lipinski definition) is 4. The molecular weight excluding hydrogens is 254 g/mol. The number of carbonyl (C=O) groups excluding carboxylic acids is 1. The lowest BCUT2D eigenvalue weighted by molar-refractivity contribution is -0.122. The molecule has 1 atom stereocenters. The second-order valence-electron chi connectivity index (χ2n) is 6.29. The van der Waals surface area contributed by atoms with Gasteiger partial charge in [0.15, 0.2) is 0 Å². The van der Waals surface area contributed by atoms with Crippen LogP contribution in [-0.2, 0) is 4.79 Å². The molecule has 0 aromatic carbocycles. The Morgan fingerprint density at radius 3 is 2.40 bits per heavy atom. The quantitative estimate of drug-likeness (QED) is 0.742. The zero-order chi connectivity index (χ0) is 14.4. The molecule has 1 saturated heterocycles. The van der Waals surface area contributed by atoms with Gasteiger partial charge in [-0.15, -0.1) is 0 Å². The van der Waals surface area contributed by atoms with Crippen molar-refractivity contribution in [2.24, 2.45) is 0 Å². The Morgan fingerprint density at radius 1 is 1.20 bits per heavy atom. The molecule has 116 valence electrons. The summed E-state index contributed by atoms with van der Waals surface area (Å²) in [7, 11) is 0. The van der Waals surface area contributed by atoms with Gasteiger partial charge < -0.3 is 15.3 Å². The fraction of sp³-hybridized carbons (Fsp3) is 0.933. The molecule has 5 nitrogen and oxygen atoms in total. The number of amides is 1. The van der Waals surface area contributed by atoms with E-state index in [4.69, 9.17) is 0 Å². The molecule has 2 fully saturated rings. The molecule has 1 amide bonds. The monoisotopic (exact) mass is 283 g/mol. The van der Waals surface area contributed by atoms with E-state index in [9.17, 15) is 9.90 Å². The first-order valence-electron chi connectivity index (χ1n) is 8.05. The summed E-state index contributed by atoms with van der Waals surface area (Å²) in [4.78, 5) is 16.5. The van der Waals surface area contributed by atoms with Crippen molar-refractivity contribution in [3.05, 3.63) is 0 Å². The second kappa shape index (κ2) is 7.96. The van der Waals surface area contributed by atoms with Crippen molar-refractivity contribution >= 4 is 5.91 Å². The van der Waals surface area contributed by atoms with Gasteiger partial charge >= 0.3 is 0 Å². The van der Waals surface area contributed by atoms with Crippen LogP contribution in [0.25, 0.3) is 0 Å². The second-order valence-corrected chi connectivity index (χ2v) is 6.29. The summed E-state index contributed by atoms with van der Waals surface area (Å²) in [6.45, 7) is 7.45. The highest BCUT2D eigenvalue weighted by molar-refractivity contribution is 5.76. The Labute approximate surface area is 122 Å². The maximum atomic E-state index is 11.9. The van der Waals surface area contributed by atoms with Crippen LogP contribution in [0.5, 0.6) is 0 Å². The van der Waals surface area contributed by atoms with E-state index in [1.54, 1.807) is 0 Å². The Balaban J connectivity index is 1.57. The number of carbonyl (C=O) groups is 1. The molecule has 2 N–H and O–H groups in total. The van der Waals surface area contributed by atoms with Gasteiger partial charge in [0.25, 0.3) is 0 Å². The molecule has 1 aliphatic carbocycles. The SMILES string of the molecule is CC(O)CN1CCN(CCC(=O)NC2CCCC2)CC1. The average molecular weight is 283 g/mol. The van der Waals surface area contributed by atoms with Crippen molar-refractivity contribution in [2.45, 2.75) is 51.2 Å². The van der Waals surface area contributed by atoms with E-state index in [1.807, 2.05) is 6.92 Å². The largest absolute Gasteiger partial charge is 0.392 e. The van der Waals surface area contributed by atoms with Crippen LogP contribution in [0.15, 0.2) is 0 Å². The summed E-state index contributed by atoms with van der Waals surface area (Å²) in [6, 6.07) is 0.436. The first-order valence-corrected chi connectivity index (χ1v) is 8.05. The summed E-state index contributed by atoms with van der Waals surface area (Å²) >= 11 is 0. The van der Waals surface area contributed by atoms with Crippen LogP contribution in [0.2, 0.25) is 0 Å². The van der Waals surface area contributed by atoms with Crippen LogP contribution in [0.3, 0.4) is 0 Å². The van der Waals surface area contributed by atoms with Gasteiger partial charge in [-0.2, -0.15) is 0 Å². The van der Waals surface area contributed by atoms with E-state index in [1.165, 1.54) is 12.8 Å². The number of aliphatic hydroxyl groups is 1. The molecular formula is C15H29N3O2. The normalized spacial score (nSPS) is 23.9. The molecule has 1 heterocycles. The molecule has 0 aromatic rings. The number of β-amino-alcohol motifs (C(OH)–C–C–N with tert-alkyl or cyclic N) is 1. The van der Waals surface area contributed by atoms with Crippen molar-refractivity contribution in [1.29, 1.82) is 0 Å². The van der Waals surface area contributed by atoms with Crippen molar-refractivity contribution in [1.82, 2.24) is 15.1 Å². The molecule has 0 aromatic heterocycles. The predicted molar refractivity (Wildman–Crippen MR) is 79.6 cm³/mol. The molecule has 20 heavy (non-hydrogen) atoms. The standard InChI is InChI=1S/C15H29N3O2/c1-13(19)12-18-10-8-17(9-11-18)7-6-15(20)16-14-4-2-3-5-14/h13-14,19H,2-12H2,1H3,(H,16,20). The average Bonchev–Trinajstić information content (AvgIpc) is 2.90. The minimum atomic E-state index is -0.251. The number of aliphatic hydroxyl groups excluding tert-OH is 1. The van der Waals surface area contributed by atoms with Gasteiger partial charge in [-0.05, 0) is 19.8 Å². The van der Waals surface area contributed by atoms with Crippen LogP contribution in [0.4, 0.5) is 0 Å². The Bertz CT molecular complexity index is 295. The van der Waals surface area contributed by atoms with Gasteiger partial charge in [0.05, 0.1) is 6.10 Å².